The smallest absolute Gasteiger partial charge is 0.134 e. The third-order valence-electron chi connectivity index (χ3n) is 4.33. The van der Waals surface area contributed by atoms with Crippen molar-refractivity contribution in [3.8, 4) is 5.75 Å². The van der Waals surface area contributed by atoms with Gasteiger partial charge in [-0.2, -0.15) is 0 Å². The molecule has 0 atom stereocenters. The maximum Gasteiger partial charge on any atom is 0.134 e. The number of hydrogen-bond donors (Lipinski definition) is 1. The highest BCUT2D eigenvalue weighted by atomic mass is 35.5. The minimum absolute atomic E-state index is 0. The van der Waals surface area contributed by atoms with Crippen LogP contribution in [0, 0.1) is 0 Å². The van der Waals surface area contributed by atoms with E-state index in [-0.39, 0.29) is 18.2 Å². The van der Waals surface area contributed by atoms with Crippen molar-refractivity contribution >= 4 is 24.0 Å². The van der Waals surface area contributed by atoms with E-state index < -0.39 is 0 Å². The number of rotatable bonds is 0. The number of likely N-dealkylation sites (N-methyl/N-ethyl adjacent to an activating group) is 1. The highest BCUT2D eigenvalue weighted by Gasteiger charge is 2.16. The fraction of sp³-hybridized carbons (Fsp3) is 0.333. The zero-order valence-corrected chi connectivity index (χ0v) is 14.3. The van der Waals surface area contributed by atoms with Crippen LogP contribution < -0.4 is 0 Å². The van der Waals surface area contributed by atoms with Crippen molar-refractivity contribution in [3.63, 3.8) is 0 Å². The molecular weight excluding hydrogens is 317 g/mol. The predicted octanol–water partition coefficient (Wildman–Crippen LogP) is 4.09. The molecule has 3 rings (SSSR count). The Morgan fingerprint density at radius 3 is 2.32 bits per heavy atom. The van der Waals surface area contributed by atoms with E-state index in [1.54, 1.807) is 6.07 Å². The Kier molecular flexibility index (Phi) is 5.74. The molecule has 0 fully saturated rings. The standard InChI is InChI=1S/C18H20ClNO.ClH/c1-20-10-8-13-4-2-3-5-15(13)12-16-14(9-11-20)6-7-17(21)18(16)19;/h2-7,21H,8-12H2,1H3;1H. The highest BCUT2D eigenvalue weighted by molar-refractivity contribution is 6.32. The summed E-state index contributed by atoms with van der Waals surface area (Å²) in [5, 5.41) is 10.4. The van der Waals surface area contributed by atoms with Crippen LogP contribution in [0.1, 0.15) is 22.3 Å². The van der Waals surface area contributed by atoms with Gasteiger partial charge in [0.15, 0.2) is 0 Å². The molecule has 0 spiro atoms. The van der Waals surface area contributed by atoms with Crippen molar-refractivity contribution in [1.82, 2.24) is 4.90 Å². The quantitative estimate of drug-likeness (QED) is 0.782. The lowest BCUT2D eigenvalue weighted by molar-refractivity contribution is 0.341. The number of phenolic OH excluding ortho intramolecular Hbond substituents is 1. The first-order valence-corrected chi connectivity index (χ1v) is 7.77. The molecule has 0 saturated carbocycles. The Balaban J connectivity index is 0.00000176. The molecule has 2 aromatic carbocycles. The van der Waals surface area contributed by atoms with E-state index in [4.69, 9.17) is 11.6 Å². The fourth-order valence-electron chi connectivity index (χ4n) is 2.97. The largest absolute Gasteiger partial charge is 0.506 e. The number of fused-ring (bicyclic) bond motifs is 2. The summed E-state index contributed by atoms with van der Waals surface area (Å²) in [6.07, 6.45) is 2.81. The number of nitrogens with zero attached hydrogens (tertiary/aromatic N) is 1. The number of aromatic hydroxyl groups is 1. The van der Waals surface area contributed by atoms with Gasteiger partial charge in [-0.1, -0.05) is 41.9 Å². The van der Waals surface area contributed by atoms with Crippen molar-refractivity contribution in [1.29, 1.82) is 0 Å². The Morgan fingerprint density at radius 1 is 0.955 bits per heavy atom. The van der Waals surface area contributed by atoms with E-state index >= 15 is 0 Å². The van der Waals surface area contributed by atoms with E-state index in [9.17, 15) is 5.11 Å². The van der Waals surface area contributed by atoms with Crippen molar-refractivity contribution in [2.75, 3.05) is 20.1 Å². The Labute approximate surface area is 143 Å². The van der Waals surface area contributed by atoms with Crippen molar-refractivity contribution in [2.24, 2.45) is 0 Å². The van der Waals surface area contributed by atoms with E-state index in [0.717, 1.165) is 37.9 Å². The zero-order chi connectivity index (χ0) is 14.8. The van der Waals surface area contributed by atoms with E-state index in [1.165, 1.54) is 16.7 Å². The van der Waals surface area contributed by atoms with E-state index in [0.29, 0.717) is 5.02 Å². The summed E-state index contributed by atoms with van der Waals surface area (Å²) in [4.78, 5) is 2.35. The number of benzene rings is 2. The second kappa shape index (κ2) is 7.36. The van der Waals surface area contributed by atoms with Crippen molar-refractivity contribution in [2.45, 2.75) is 19.3 Å². The Hall–Kier alpha value is -1.22. The molecule has 0 aliphatic carbocycles. The molecule has 0 radical (unpaired) electrons. The number of phenols is 1. The third kappa shape index (κ3) is 3.57. The molecule has 2 aromatic rings. The molecular formula is C18H21Cl2NO. The highest BCUT2D eigenvalue weighted by Crippen LogP contribution is 2.33. The number of halogens is 2. The lowest BCUT2D eigenvalue weighted by atomic mass is 9.92. The molecule has 1 aliphatic rings. The van der Waals surface area contributed by atoms with Gasteiger partial charge in [-0.25, -0.2) is 0 Å². The summed E-state index contributed by atoms with van der Waals surface area (Å²) in [6, 6.07) is 12.2. The topological polar surface area (TPSA) is 23.5 Å². The lowest BCUT2D eigenvalue weighted by Gasteiger charge is -2.22. The van der Waals surface area contributed by atoms with Gasteiger partial charge in [-0.05, 0) is 54.6 Å². The van der Waals surface area contributed by atoms with Gasteiger partial charge in [0, 0.05) is 13.1 Å². The van der Waals surface area contributed by atoms with Crippen LogP contribution in [-0.2, 0) is 19.3 Å². The molecule has 22 heavy (non-hydrogen) atoms. The average Bonchev–Trinajstić information content (AvgIpc) is 2.50. The summed E-state index contributed by atoms with van der Waals surface area (Å²) in [7, 11) is 2.16. The minimum Gasteiger partial charge on any atom is -0.506 e. The lowest BCUT2D eigenvalue weighted by Crippen LogP contribution is -2.25. The molecule has 2 nitrogen and oxygen atoms in total. The van der Waals surface area contributed by atoms with Crippen molar-refractivity contribution in [3.05, 3.63) is 63.7 Å². The second-order valence-corrected chi connectivity index (χ2v) is 6.16. The molecule has 0 saturated heterocycles. The van der Waals surface area contributed by atoms with Crippen LogP contribution in [0.15, 0.2) is 36.4 Å². The molecule has 1 N–H and O–H groups in total. The Bertz CT molecular complexity index is 658. The summed E-state index contributed by atoms with van der Waals surface area (Å²) < 4.78 is 0. The number of hydrogen-bond acceptors (Lipinski definition) is 2. The molecule has 0 amide bonds. The summed E-state index contributed by atoms with van der Waals surface area (Å²) in [6.45, 7) is 2.08. The van der Waals surface area contributed by atoms with Crippen LogP contribution >= 0.6 is 24.0 Å². The molecule has 0 aromatic heterocycles. The molecule has 4 heteroatoms. The molecule has 0 bridgehead atoms. The van der Waals surface area contributed by atoms with Gasteiger partial charge in [-0.15, -0.1) is 12.4 Å². The van der Waals surface area contributed by atoms with Gasteiger partial charge in [0.2, 0.25) is 0 Å². The van der Waals surface area contributed by atoms with Crippen LogP contribution in [0.4, 0.5) is 0 Å². The monoisotopic (exact) mass is 337 g/mol. The first-order valence-electron chi connectivity index (χ1n) is 7.39. The van der Waals surface area contributed by atoms with Crippen LogP contribution in [0.25, 0.3) is 0 Å². The van der Waals surface area contributed by atoms with Gasteiger partial charge < -0.3 is 10.0 Å². The second-order valence-electron chi connectivity index (χ2n) is 5.79. The van der Waals surface area contributed by atoms with Gasteiger partial charge >= 0.3 is 0 Å². The molecule has 0 unspecified atom stereocenters. The fourth-order valence-corrected chi connectivity index (χ4v) is 3.22. The predicted molar refractivity (Wildman–Crippen MR) is 94.5 cm³/mol. The van der Waals surface area contributed by atoms with Crippen LogP contribution in [0.3, 0.4) is 0 Å². The zero-order valence-electron chi connectivity index (χ0n) is 12.7. The molecule has 118 valence electrons. The van der Waals surface area contributed by atoms with Crippen LogP contribution in [-0.4, -0.2) is 30.1 Å². The molecule has 1 heterocycles. The van der Waals surface area contributed by atoms with Gasteiger partial charge in [0.25, 0.3) is 0 Å². The Morgan fingerprint density at radius 2 is 1.59 bits per heavy atom. The van der Waals surface area contributed by atoms with Gasteiger partial charge in [0.1, 0.15) is 5.75 Å². The SMILES string of the molecule is CN1CCc2ccccc2Cc2c(ccc(O)c2Cl)CC1.Cl. The summed E-state index contributed by atoms with van der Waals surface area (Å²) in [5.41, 5.74) is 4.99. The minimum atomic E-state index is 0. The van der Waals surface area contributed by atoms with E-state index in [1.807, 2.05) is 6.07 Å². The first kappa shape index (κ1) is 17.1. The van der Waals surface area contributed by atoms with Gasteiger partial charge in [-0.3, -0.25) is 0 Å². The normalized spacial score (nSPS) is 15.4. The third-order valence-corrected chi connectivity index (χ3v) is 4.75. The average molecular weight is 338 g/mol. The maximum atomic E-state index is 9.92. The maximum absolute atomic E-state index is 9.92. The van der Waals surface area contributed by atoms with Crippen LogP contribution in [0.5, 0.6) is 5.75 Å². The van der Waals surface area contributed by atoms with Crippen molar-refractivity contribution < 1.29 is 5.11 Å². The van der Waals surface area contributed by atoms with E-state index in [2.05, 4.69) is 36.2 Å². The first-order chi connectivity index (χ1) is 10.1. The van der Waals surface area contributed by atoms with Gasteiger partial charge in [0.05, 0.1) is 5.02 Å². The summed E-state index contributed by atoms with van der Waals surface area (Å²) in [5.74, 6) is 0.179. The molecule has 1 aliphatic heterocycles. The van der Waals surface area contributed by atoms with Crippen LogP contribution in [0.2, 0.25) is 5.02 Å². The summed E-state index contributed by atoms with van der Waals surface area (Å²) >= 11 is 6.37.